The summed E-state index contributed by atoms with van der Waals surface area (Å²) < 4.78 is 56.3. The fourth-order valence-electron chi connectivity index (χ4n) is 5.19. The second kappa shape index (κ2) is 11.5. The van der Waals surface area contributed by atoms with Gasteiger partial charge < -0.3 is 25.3 Å². The Labute approximate surface area is 225 Å². The molecule has 0 unspecified atom stereocenters. The number of rotatable bonds is 9. The third kappa shape index (κ3) is 6.71. The van der Waals surface area contributed by atoms with Crippen molar-refractivity contribution in [2.75, 3.05) is 68.4 Å². The van der Waals surface area contributed by atoms with Crippen LogP contribution in [0, 0.1) is 5.82 Å². The van der Waals surface area contributed by atoms with Crippen LogP contribution < -0.4 is 15.5 Å². The van der Waals surface area contributed by atoms with Crippen LogP contribution in [0.3, 0.4) is 0 Å². The lowest BCUT2D eigenvalue weighted by molar-refractivity contribution is -0.137. The summed E-state index contributed by atoms with van der Waals surface area (Å²) in [6.07, 6.45) is 0.886. The summed E-state index contributed by atoms with van der Waals surface area (Å²) >= 11 is 0. The van der Waals surface area contributed by atoms with Crippen LogP contribution in [0.2, 0.25) is 0 Å². The lowest BCUT2D eigenvalue weighted by atomic mass is 10.1. The third-order valence-corrected chi connectivity index (χ3v) is 7.64. The van der Waals surface area contributed by atoms with Crippen LogP contribution in [0.4, 0.5) is 40.7 Å². The molecule has 1 amide bonds. The van der Waals surface area contributed by atoms with E-state index in [1.165, 1.54) is 6.07 Å². The van der Waals surface area contributed by atoms with Crippen LogP contribution in [-0.2, 0) is 11.0 Å². The molecule has 5 rings (SSSR count). The van der Waals surface area contributed by atoms with Crippen molar-refractivity contribution in [3.63, 3.8) is 0 Å². The van der Waals surface area contributed by atoms with Crippen LogP contribution in [0.25, 0.3) is 0 Å². The van der Waals surface area contributed by atoms with Crippen LogP contribution in [0.1, 0.15) is 55.6 Å². The molecule has 212 valence electrons. The summed E-state index contributed by atoms with van der Waals surface area (Å²) in [6, 6.07) is 3.27. The summed E-state index contributed by atoms with van der Waals surface area (Å²) in [7, 11) is 2.04. The van der Waals surface area contributed by atoms with Crippen molar-refractivity contribution >= 4 is 29.0 Å². The number of likely N-dealkylation sites (N-methyl/N-ethyl adjacent to an activating group) is 1. The number of piperazine rings is 1. The number of anilines is 4. The highest BCUT2D eigenvalue weighted by Crippen LogP contribution is 2.46. The van der Waals surface area contributed by atoms with E-state index in [-0.39, 0.29) is 36.0 Å². The fourth-order valence-corrected chi connectivity index (χ4v) is 5.19. The fraction of sp³-hybridized carbons (Fsp3) is 0.593. The Hall–Kier alpha value is -3.15. The number of alkyl halides is 3. The van der Waals surface area contributed by atoms with Gasteiger partial charge in [0, 0.05) is 64.1 Å². The number of amides is 1. The molecule has 1 aliphatic carbocycles. The van der Waals surface area contributed by atoms with E-state index in [1.807, 2.05) is 18.0 Å². The van der Waals surface area contributed by atoms with Crippen molar-refractivity contribution in [2.45, 2.75) is 50.6 Å². The Kier molecular flexibility index (Phi) is 8.11. The number of hydrogen-bond acceptors (Lipinski definition) is 7. The first-order valence-corrected chi connectivity index (χ1v) is 13.7. The SMILES string of the molecule is CN1CCN(c2cc(C3CC3)c(Nc3ncc(C(F)(F)F)c(NCCCN4CCCCC4=O)n3)cc2F)CC1. The number of carbonyl (C=O) groups is 1. The zero-order valence-corrected chi connectivity index (χ0v) is 22.2. The number of hydrogen-bond donors (Lipinski definition) is 2. The molecule has 3 fully saturated rings. The molecular weight excluding hydrogens is 514 g/mol. The molecule has 39 heavy (non-hydrogen) atoms. The third-order valence-electron chi connectivity index (χ3n) is 7.64. The molecule has 3 heterocycles. The summed E-state index contributed by atoms with van der Waals surface area (Å²) in [4.78, 5) is 26.0. The molecule has 2 aromatic rings. The molecular formula is C27H35F4N7O. The predicted molar refractivity (Wildman–Crippen MR) is 142 cm³/mol. The van der Waals surface area contributed by atoms with Crippen molar-refractivity contribution in [2.24, 2.45) is 0 Å². The molecule has 2 saturated heterocycles. The lowest BCUT2D eigenvalue weighted by Gasteiger charge is -2.34. The number of piperidine rings is 1. The average molecular weight is 550 g/mol. The standard InChI is InChI=1S/C27H35F4N7O/c1-36-11-13-37(14-12-36)23-15-19(18-6-7-18)22(16-21(23)28)34-26-33-17-20(27(29,30)31)25(35-26)32-8-4-10-38-9-3-2-5-24(38)39/h15-18H,2-14H2,1H3,(H2,32,33,34,35). The van der Waals surface area contributed by atoms with Crippen LogP contribution in [0.5, 0.6) is 0 Å². The number of aromatic nitrogens is 2. The number of carbonyl (C=O) groups excluding carboxylic acids is 1. The molecule has 0 bridgehead atoms. The molecule has 0 spiro atoms. The Morgan fingerprint density at radius 1 is 1.08 bits per heavy atom. The maximum absolute atomic E-state index is 15.3. The highest BCUT2D eigenvalue weighted by Gasteiger charge is 2.35. The maximum Gasteiger partial charge on any atom is 0.421 e. The van der Waals surface area contributed by atoms with Gasteiger partial charge in [0.2, 0.25) is 11.9 Å². The molecule has 1 saturated carbocycles. The summed E-state index contributed by atoms with van der Waals surface area (Å²) in [6.45, 7) is 4.53. The van der Waals surface area contributed by atoms with Crippen molar-refractivity contribution in [1.82, 2.24) is 19.8 Å². The number of likely N-dealkylation sites (tertiary alicyclic amines) is 1. The van der Waals surface area contributed by atoms with Gasteiger partial charge in [-0.1, -0.05) is 0 Å². The zero-order chi connectivity index (χ0) is 27.6. The number of nitrogens with one attached hydrogen (secondary N) is 2. The molecule has 1 aromatic carbocycles. The normalized spacial score (nSPS) is 18.9. The van der Waals surface area contributed by atoms with Gasteiger partial charge in [0.1, 0.15) is 17.2 Å². The van der Waals surface area contributed by atoms with Crippen LogP contribution >= 0.6 is 0 Å². The number of nitrogens with zero attached hydrogens (tertiary/aromatic N) is 5. The Balaban J connectivity index is 1.32. The van der Waals surface area contributed by atoms with Crippen molar-refractivity contribution < 1.29 is 22.4 Å². The van der Waals surface area contributed by atoms with E-state index >= 15 is 4.39 Å². The second-order valence-electron chi connectivity index (χ2n) is 10.7. The topological polar surface area (TPSA) is 76.6 Å². The van der Waals surface area contributed by atoms with Gasteiger partial charge in [-0.2, -0.15) is 18.2 Å². The average Bonchev–Trinajstić information content (AvgIpc) is 3.73. The first kappa shape index (κ1) is 27.4. The van der Waals surface area contributed by atoms with E-state index in [2.05, 4.69) is 25.5 Å². The summed E-state index contributed by atoms with van der Waals surface area (Å²) in [5, 5.41) is 5.77. The first-order chi connectivity index (χ1) is 18.7. The van der Waals surface area contributed by atoms with Crippen molar-refractivity contribution in [3.8, 4) is 0 Å². The van der Waals surface area contributed by atoms with Crippen LogP contribution in [0.15, 0.2) is 18.3 Å². The minimum Gasteiger partial charge on any atom is -0.369 e. The number of halogens is 4. The molecule has 2 N–H and O–H groups in total. The monoisotopic (exact) mass is 549 g/mol. The quantitative estimate of drug-likeness (QED) is 0.343. The molecule has 8 nitrogen and oxygen atoms in total. The van der Waals surface area contributed by atoms with E-state index in [1.54, 1.807) is 4.90 Å². The van der Waals surface area contributed by atoms with E-state index < -0.39 is 11.7 Å². The molecule has 12 heteroatoms. The van der Waals surface area contributed by atoms with Gasteiger partial charge in [-0.05, 0) is 62.8 Å². The van der Waals surface area contributed by atoms with Gasteiger partial charge in [0.05, 0.1) is 5.69 Å². The zero-order valence-electron chi connectivity index (χ0n) is 22.2. The summed E-state index contributed by atoms with van der Waals surface area (Å²) in [5.74, 6) is -0.409. The predicted octanol–water partition coefficient (Wildman–Crippen LogP) is 4.82. The second-order valence-corrected chi connectivity index (χ2v) is 10.7. The highest BCUT2D eigenvalue weighted by atomic mass is 19.4. The van der Waals surface area contributed by atoms with Gasteiger partial charge >= 0.3 is 6.18 Å². The van der Waals surface area contributed by atoms with E-state index in [4.69, 9.17) is 0 Å². The largest absolute Gasteiger partial charge is 0.421 e. The van der Waals surface area contributed by atoms with Crippen molar-refractivity contribution in [1.29, 1.82) is 0 Å². The Morgan fingerprint density at radius 2 is 1.85 bits per heavy atom. The van der Waals surface area contributed by atoms with E-state index in [0.717, 1.165) is 63.6 Å². The van der Waals surface area contributed by atoms with Gasteiger partial charge in [-0.3, -0.25) is 4.79 Å². The first-order valence-electron chi connectivity index (χ1n) is 13.7. The maximum atomic E-state index is 15.3. The smallest absolute Gasteiger partial charge is 0.369 e. The minimum absolute atomic E-state index is 0.0367. The lowest BCUT2D eigenvalue weighted by Crippen LogP contribution is -2.44. The van der Waals surface area contributed by atoms with Gasteiger partial charge in [-0.25, -0.2) is 9.37 Å². The van der Waals surface area contributed by atoms with E-state index in [9.17, 15) is 18.0 Å². The van der Waals surface area contributed by atoms with Crippen LogP contribution in [-0.4, -0.2) is 78.5 Å². The van der Waals surface area contributed by atoms with Crippen molar-refractivity contribution in [3.05, 3.63) is 35.3 Å². The number of benzene rings is 1. The Bertz CT molecular complexity index is 1180. The highest BCUT2D eigenvalue weighted by molar-refractivity contribution is 5.76. The molecule has 3 aliphatic rings. The van der Waals surface area contributed by atoms with Gasteiger partial charge in [0.25, 0.3) is 0 Å². The molecule has 1 aromatic heterocycles. The van der Waals surface area contributed by atoms with E-state index in [0.29, 0.717) is 37.3 Å². The molecule has 2 aliphatic heterocycles. The minimum atomic E-state index is -4.64. The Morgan fingerprint density at radius 3 is 2.54 bits per heavy atom. The molecule has 0 atom stereocenters. The van der Waals surface area contributed by atoms with Gasteiger partial charge in [-0.15, -0.1) is 0 Å². The molecule has 0 radical (unpaired) electrons. The van der Waals surface area contributed by atoms with Gasteiger partial charge in [0.15, 0.2) is 0 Å². The summed E-state index contributed by atoms with van der Waals surface area (Å²) in [5.41, 5.74) is 0.983.